The Hall–Kier alpha value is -1.08. The molecule has 16 heavy (non-hydrogen) atoms. The molecule has 1 fully saturated rings. The normalized spacial score (nSPS) is 20.4. The molecule has 0 aromatic carbocycles. The number of hydrogen-bond acceptors (Lipinski definition) is 5. The van der Waals surface area contributed by atoms with Crippen molar-refractivity contribution in [3.05, 3.63) is 10.8 Å². The molecule has 1 aromatic rings. The van der Waals surface area contributed by atoms with E-state index >= 15 is 0 Å². The lowest BCUT2D eigenvalue weighted by molar-refractivity contribution is -0.117. The van der Waals surface area contributed by atoms with E-state index in [0.29, 0.717) is 30.4 Å². The molecule has 7 heteroatoms. The number of nitrogens with one attached hydrogen (secondary N) is 1. The number of hydrogen-bond donors (Lipinski definition) is 3. The van der Waals surface area contributed by atoms with Crippen LogP contribution in [0.4, 0.5) is 11.6 Å². The van der Waals surface area contributed by atoms with Crippen molar-refractivity contribution in [2.75, 3.05) is 22.9 Å². The summed E-state index contributed by atoms with van der Waals surface area (Å²) in [6.07, 6.45) is 0.510. The van der Waals surface area contributed by atoms with E-state index in [1.54, 1.807) is 11.0 Å². The minimum atomic E-state index is 0.0477. The van der Waals surface area contributed by atoms with Crippen LogP contribution in [0.15, 0.2) is 6.07 Å². The Morgan fingerprint density at radius 2 is 2.50 bits per heavy atom. The summed E-state index contributed by atoms with van der Waals surface area (Å²) < 4.78 is 0.289. The van der Waals surface area contributed by atoms with Gasteiger partial charge < -0.3 is 10.7 Å². The summed E-state index contributed by atoms with van der Waals surface area (Å²) in [5.74, 6) is 1.95. The van der Waals surface area contributed by atoms with E-state index in [9.17, 15) is 4.79 Å². The molecule has 1 atom stereocenters. The number of nitrogens with zero attached hydrogens (tertiary/aromatic N) is 2. The van der Waals surface area contributed by atoms with Crippen molar-refractivity contribution < 1.29 is 4.79 Å². The second-order valence-corrected chi connectivity index (χ2v) is 4.51. The number of nitrogen functional groups attached to an aromatic ring is 1. The van der Waals surface area contributed by atoms with Crippen LogP contribution in [-0.2, 0) is 4.79 Å². The summed E-state index contributed by atoms with van der Waals surface area (Å²) in [5.41, 5.74) is 5.62. The average molecular weight is 256 g/mol. The highest BCUT2D eigenvalue weighted by Gasteiger charge is 2.30. The Morgan fingerprint density at radius 1 is 1.75 bits per heavy atom. The smallest absolute Gasteiger partial charge is 0.228 e. The van der Waals surface area contributed by atoms with Gasteiger partial charge in [0.05, 0.1) is 0 Å². The molecule has 3 N–H and O–H groups in total. The molecule has 0 radical (unpaired) electrons. The zero-order valence-corrected chi connectivity index (χ0v) is 10.2. The van der Waals surface area contributed by atoms with E-state index in [2.05, 4.69) is 22.6 Å². The van der Waals surface area contributed by atoms with E-state index in [0.717, 1.165) is 0 Å². The Kier molecular flexibility index (Phi) is 3.15. The Labute approximate surface area is 103 Å². The number of aromatic nitrogens is 2. The number of anilines is 2. The van der Waals surface area contributed by atoms with Crippen molar-refractivity contribution in [2.24, 2.45) is 5.92 Å². The number of nitrogens with two attached hydrogens (primary N) is 1. The Bertz CT molecular complexity index is 473. The summed E-state index contributed by atoms with van der Waals surface area (Å²) in [6, 6.07) is 1.62. The van der Waals surface area contributed by atoms with E-state index in [4.69, 9.17) is 18.0 Å². The molecule has 1 saturated heterocycles. The maximum atomic E-state index is 11.7. The van der Waals surface area contributed by atoms with Gasteiger partial charge in [-0.05, 0) is 23.9 Å². The monoisotopic (exact) mass is 256 g/mol. The van der Waals surface area contributed by atoms with Crippen LogP contribution >= 0.6 is 24.8 Å². The van der Waals surface area contributed by atoms with E-state index in [1.165, 1.54) is 0 Å². The maximum absolute atomic E-state index is 11.7. The predicted molar refractivity (Wildman–Crippen MR) is 68.1 cm³/mol. The molecule has 2 heterocycles. The average Bonchev–Trinajstić information content (AvgIpc) is 2.58. The van der Waals surface area contributed by atoms with Crippen LogP contribution in [-0.4, -0.2) is 28.2 Å². The molecule has 1 aromatic heterocycles. The standard InChI is InChI=1S/C9H12N4OS2/c10-6-2-7(12-9(16)11-6)13-3-5(4-15)1-8(13)14/h2,5,15H,1,3-4H2,(H3,10,11,12,16). The molecule has 0 aliphatic carbocycles. The minimum absolute atomic E-state index is 0.0477. The van der Waals surface area contributed by atoms with Crippen molar-refractivity contribution in [3.8, 4) is 0 Å². The van der Waals surface area contributed by atoms with Gasteiger partial charge in [-0.15, -0.1) is 0 Å². The maximum Gasteiger partial charge on any atom is 0.228 e. The van der Waals surface area contributed by atoms with Crippen molar-refractivity contribution in [1.82, 2.24) is 9.97 Å². The van der Waals surface area contributed by atoms with Gasteiger partial charge in [-0.2, -0.15) is 12.6 Å². The molecule has 1 aliphatic heterocycles. The van der Waals surface area contributed by atoms with Gasteiger partial charge in [-0.3, -0.25) is 9.69 Å². The summed E-state index contributed by atoms with van der Waals surface area (Å²) >= 11 is 9.12. The lowest BCUT2D eigenvalue weighted by Gasteiger charge is -2.15. The van der Waals surface area contributed by atoms with Crippen LogP contribution in [0.3, 0.4) is 0 Å². The van der Waals surface area contributed by atoms with Gasteiger partial charge in [-0.25, -0.2) is 4.98 Å². The zero-order valence-electron chi connectivity index (χ0n) is 8.51. The van der Waals surface area contributed by atoms with Gasteiger partial charge in [0.25, 0.3) is 0 Å². The van der Waals surface area contributed by atoms with Gasteiger partial charge in [0.2, 0.25) is 5.91 Å². The lowest BCUT2D eigenvalue weighted by atomic mass is 10.1. The number of aromatic amines is 1. The highest BCUT2D eigenvalue weighted by atomic mass is 32.1. The molecule has 0 saturated carbocycles. The van der Waals surface area contributed by atoms with Crippen molar-refractivity contribution in [3.63, 3.8) is 0 Å². The van der Waals surface area contributed by atoms with Crippen LogP contribution in [0.5, 0.6) is 0 Å². The van der Waals surface area contributed by atoms with Crippen molar-refractivity contribution in [2.45, 2.75) is 6.42 Å². The third-order valence-corrected chi connectivity index (χ3v) is 3.20. The number of carbonyl (C=O) groups excluding carboxylic acids is 1. The first-order valence-electron chi connectivity index (χ1n) is 4.88. The molecule has 1 aliphatic rings. The number of rotatable bonds is 2. The van der Waals surface area contributed by atoms with Gasteiger partial charge in [-0.1, -0.05) is 0 Å². The minimum Gasteiger partial charge on any atom is -0.385 e. The lowest BCUT2D eigenvalue weighted by Crippen LogP contribution is -2.26. The van der Waals surface area contributed by atoms with E-state index < -0.39 is 0 Å². The first kappa shape index (κ1) is 11.4. The first-order valence-corrected chi connectivity index (χ1v) is 5.92. The number of thiol groups is 1. The Morgan fingerprint density at radius 3 is 3.06 bits per heavy atom. The topological polar surface area (TPSA) is 75.0 Å². The summed E-state index contributed by atoms with van der Waals surface area (Å²) in [4.78, 5) is 20.1. The second kappa shape index (κ2) is 4.42. The predicted octanol–water partition coefficient (Wildman–Crippen LogP) is 1.00. The molecule has 5 nitrogen and oxygen atoms in total. The highest BCUT2D eigenvalue weighted by molar-refractivity contribution is 7.80. The molecule has 86 valence electrons. The van der Waals surface area contributed by atoms with Crippen LogP contribution in [0, 0.1) is 10.7 Å². The molecule has 2 rings (SSSR count). The van der Waals surface area contributed by atoms with Gasteiger partial charge in [0.15, 0.2) is 4.77 Å². The van der Waals surface area contributed by atoms with Crippen LogP contribution in [0.1, 0.15) is 6.42 Å². The summed E-state index contributed by atoms with van der Waals surface area (Å²) in [6.45, 7) is 0.632. The quantitative estimate of drug-likeness (QED) is 0.545. The fourth-order valence-electron chi connectivity index (χ4n) is 1.73. The molecule has 0 bridgehead atoms. The number of carbonyl (C=O) groups is 1. The van der Waals surface area contributed by atoms with Crippen LogP contribution < -0.4 is 10.6 Å². The van der Waals surface area contributed by atoms with Gasteiger partial charge >= 0.3 is 0 Å². The fourth-order valence-corrected chi connectivity index (χ4v) is 2.18. The Balaban J connectivity index is 2.31. The van der Waals surface area contributed by atoms with E-state index in [-0.39, 0.29) is 16.6 Å². The van der Waals surface area contributed by atoms with Gasteiger partial charge in [0.1, 0.15) is 11.6 Å². The summed E-state index contributed by atoms with van der Waals surface area (Å²) in [7, 11) is 0. The molecule has 0 spiro atoms. The SMILES string of the molecule is Nc1cc(N2CC(CS)CC2=O)nc(=S)[nH]1. The third-order valence-electron chi connectivity index (χ3n) is 2.49. The summed E-state index contributed by atoms with van der Waals surface area (Å²) in [5, 5.41) is 0. The zero-order chi connectivity index (χ0) is 11.7. The second-order valence-electron chi connectivity index (χ2n) is 3.76. The molecule has 1 amide bonds. The fraction of sp³-hybridized carbons (Fsp3) is 0.444. The highest BCUT2D eigenvalue weighted by Crippen LogP contribution is 2.24. The first-order chi connectivity index (χ1) is 7.60. The molecule has 1 unspecified atom stereocenters. The largest absolute Gasteiger partial charge is 0.385 e. The van der Waals surface area contributed by atoms with Crippen molar-refractivity contribution >= 4 is 42.4 Å². The molecular formula is C9H12N4OS2. The number of H-pyrrole nitrogens is 1. The van der Waals surface area contributed by atoms with Crippen LogP contribution in [0.25, 0.3) is 0 Å². The number of amides is 1. The van der Waals surface area contributed by atoms with E-state index in [1.807, 2.05) is 0 Å². The van der Waals surface area contributed by atoms with Gasteiger partial charge in [0, 0.05) is 19.0 Å². The third kappa shape index (κ3) is 2.19. The van der Waals surface area contributed by atoms with Crippen LogP contribution in [0.2, 0.25) is 0 Å². The van der Waals surface area contributed by atoms with Crippen molar-refractivity contribution in [1.29, 1.82) is 0 Å². The molecular weight excluding hydrogens is 244 g/mol.